The van der Waals surface area contributed by atoms with E-state index < -0.39 is 0 Å². The number of hydrogen-bond acceptors (Lipinski definition) is 3. The lowest BCUT2D eigenvalue weighted by Crippen LogP contribution is -2.40. The number of benzene rings is 2. The first-order valence-electron chi connectivity index (χ1n) is 10.2. The molecule has 1 heterocycles. The van der Waals surface area contributed by atoms with E-state index >= 15 is 0 Å². The van der Waals surface area contributed by atoms with Crippen LogP contribution in [0.4, 0.5) is 0 Å². The van der Waals surface area contributed by atoms with Crippen molar-refractivity contribution in [3.8, 4) is 11.4 Å². The Labute approximate surface area is 190 Å². The van der Waals surface area contributed by atoms with Gasteiger partial charge in [-0.25, -0.2) is 9.48 Å². The molecule has 0 radical (unpaired) electrons. The van der Waals surface area contributed by atoms with Gasteiger partial charge in [0.1, 0.15) is 0 Å². The number of halogens is 2. The molecule has 1 amide bonds. The highest BCUT2D eigenvalue weighted by Crippen LogP contribution is 2.36. The first-order chi connectivity index (χ1) is 14.6. The van der Waals surface area contributed by atoms with Gasteiger partial charge in [-0.2, -0.15) is 0 Å². The highest BCUT2D eigenvalue weighted by molar-refractivity contribution is 6.31. The van der Waals surface area contributed by atoms with Crippen molar-refractivity contribution < 1.29 is 4.79 Å². The highest BCUT2D eigenvalue weighted by Gasteiger charge is 2.30. The van der Waals surface area contributed by atoms with Gasteiger partial charge in [0, 0.05) is 32.8 Å². The molecular weight excluding hydrogens is 435 g/mol. The second kappa shape index (κ2) is 8.17. The molecule has 1 saturated carbocycles. The van der Waals surface area contributed by atoms with Crippen LogP contribution >= 0.6 is 23.2 Å². The van der Waals surface area contributed by atoms with E-state index in [0.29, 0.717) is 21.4 Å². The van der Waals surface area contributed by atoms with Gasteiger partial charge >= 0.3 is 5.69 Å². The summed E-state index contributed by atoms with van der Waals surface area (Å²) in [5, 5.41) is 8.56. The lowest BCUT2D eigenvalue weighted by atomic mass is 10.1. The zero-order valence-corrected chi connectivity index (χ0v) is 19.2. The van der Waals surface area contributed by atoms with E-state index in [1.807, 2.05) is 32.9 Å². The average Bonchev–Trinajstić information content (AvgIpc) is 3.47. The van der Waals surface area contributed by atoms with Crippen LogP contribution in [-0.4, -0.2) is 25.8 Å². The lowest BCUT2D eigenvalue weighted by molar-refractivity contribution is 0.0919. The molecule has 2 aromatic carbocycles. The quantitative estimate of drug-likeness (QED) is 0.588. The smallest absolute Gasteiger partial charge is 0.346 e. The fourth-order valence-electron chi connectivity index (χ4n) is 3.37. The van der Waals surface area contributed by atoms with Gasteiger partial charge in [0.05, 0.1) is 6.54 Å². The van der Waals surface area contributed by atoms with E-state index in [1.54, 1.807) is 34.9 Å². The normalized spacial score (nSPS) is 14.0. The minimum absolute atomic E-state index is 0.168. The molecule has 1 N–H and O–H groups in total. The predicted molar refractivity (Wildman–Crippen MR) is 123 cm³/mol. The number of nitrogens with one attached hydrogen (secondary N) is 1. The molecule has 0 atom stereocenters. The van der Waals surface area contributed by atoms with Crippen molar-refractivity contribution in [2.24, 2.45) is 0 Å². The molecule has 3 aromatic rings. The molecule has 1 fully saturated rings. The van der Waals surface area contributed by atoms with Crippen molar-refractivity contribution in [1.29, 1.82) is 0 Å². The minimum atomic E-state index is -0.344. The number of carbonyl (C=O) groups is 1. The summed E-state index contributed by atoms with van der Waals surface area (Å²) in [7, 11) is 0. The van der Waals surface area contributed by atoms with Crippen molar-refractivity contribution in [1.82, 2.24) is 19.7 Å². The van der Waals surface area contributed by atoms with Crippen LogP contribution in [0.1, 0.15) is 55.6 Å². The number of nitrogens with zero attached hydrogens (tertiary/aromatic N) is 3. The van der Waals surface area contributed by atoms with Crippen molar-refractivity contribution in [3.63, 3.8) is 0 Å². The summed E-state index contributed by atoms with van der Waals surface area (Å²) in [6.07, 6.45) is 1.93. The predicted octanol–water partition coefficient (Wildman–Crippen LogP) is 4.93. The molecule has 6 nitrogen and oxygen atoms in total. The molecule has 1 aromatic heterocycles. The second-order valence-electron chi connectivity index (χ2n) is 8.88. The number of amides is 1. The Morgan fingerprint density at radius 1 is 1.13 bits per heavy atom. The maximum absolute atomic E-state index is 13.1. The largest absolute Gasteiger partial charge is 0.347 e. The second-order valence-corrected chi connectivity index (χ2v) is 9.73. The fraction of sp³-hybridized carbons (Fsp3) is 0.348. The molecule has 0 bridgehead atoms. The Bertz CT molecular complexity index is 1190. The van der Waals surface area contributed by atoms with Gasteiger partial charge in [0.15, 0.2) is 5.82 Å². The molecule has 4 rings (SSSR count). The van der Waals surface area contributed by atoms with Gasteiger partial charge in [0.25, 0.3) is 5.91 Å². The minimum Gasteiger partial charge on any atom is -0.347 e. The maximum atomic E-state index is 13.1. The van der Waals surface area contributed by atoms with Crippen LogP contribution in [0.3, 0.4) is 0 Å². The van der Waals surface area contributed by atoms with E-state index in [4.69, 9.17) is 23.2 Å². The topological polar surface area (TPSA) is 68.9 Å². The molecule has 0 spiro atoms. The van der Waals surface area contributed by atoms with E-state index in [9.17, 15) is 9.59 Å². The molecule has 1 aliphatic rings. The highest BCUT2D eigenvalue weighted by atomic mass is 35.5. The summed E-state index contributed by atoms with van der Waals surface area (Å²) in [5.41, 5.74) is 1.52. The molecular formula is C23H24Cl2N4O2. The summed E-state index contributed by atoms with van der Waals surface area (Å²) in [4.78, 5) is 25.5. The van der Waals surface area contributed by atoms with Crippen LogP contribution in [0, 0.1) is 0 Å². The summed E-state index contributed by atoms with van der Waals surface area (Å²) >= 11 is 12.5. The lowest BCUT2D eigenvalue weighted by Gasteiger charge is -2.20. The first-order valence-corrected chi connectivity index (χ1v) is 10.9. The Hall–Kier alpha value is -2.57. The van der Waals surface area contributed by atoms with Crippen LogP contribution in [0.25, 0.3) is 11.4 Å². The fourth-order valence-corrected chi connectivity index (χ4v) is 3.74. The molecule has 0 saturated heterocycles. The van der Waals surface area contributed by atoms with Crippen molar-refractivity contribution in [3.05, 3.63) is 74.1 Å². The van der Waals surface area contributed by atoms with Crippen molar-refractivity contribution in [2.45, 2.75) is 51.7 Å². The average molecular weight is 459 g/mol. The Kier molecular flexibility index (Phi) is 5.71. The van der Waals surface area contributed by atoms with Crippen LogP contribution < -0.4 is 11.0 Å². The summed E-state index contributed by atoms with van der Waals surface area (Å²) < 4.78 is 3.18. The molecule has 0 aliphatic heterocycles. The van der Waals surface area contributed by atoms with E-state index in [2.05, 4.69) is 10.4 Å². The van der Waals surface area contributed by atoms with Crippen molar-refractivity contribution >= 4 is 29.1 Å². The molecule has 162 valence electrons. The third kappa shape index (κ3) is 4.86. The third-order valence-corrected chi connectivity index (χ3v) is 5.61. The maximum Gasteiger partial charge on any atom is 0.346 e. The standard InChI is InChI=1S/C23H24Cl2N4O2/c1-23(2,3)26-21(30)15-4-5-16(19(25)12-15)13-28-22(31)29(18-10-11-18)20(27-28)14-6-8-17(24)9-7-14/h4-9,12,18H,10-11,13H2,1-3H3,(H,26,30). The molecule has 1 aliphatic carbocycles. The molecule has 0 unspecified atom stereocenters. The molecule has 8 heteroatoms. The van der Waals surface area contributed by atoms with Gasteiger partial charge in [-0.15, -0.1) is 5.10 Å². The van der Waals surface area contributed by atoms with Gasteiger partial charge in [-0.1, -0.05) is 29.3 Å². The first kappa shape index (κ1) is 21.7. The van der Waals surface area contributed by atoms with Gasteiger partial charge in [0.2, 0.25) is 0 Å². The Morgan fingerprint density at radius 2 is 1.81 bits per heavy atom. The third-order valence-electron chi connectivity index (χ3n) is 5.01. The SMILES string of the molecule is CC(C)(C)NC(=O)c1ccc(Cn2nc(-c3ccc(Cl)cc3)n(C3CC3)c2=O)c(Cl)c1. The van der Waals surface area contributed by atoms with Gasteiger partial charge in [-0.05, 0) is 75.6 Å². The van der Waals surface area contributed by atoms with E-state index in [0.717, 1.165) is 24.0 Å². The van der Waals surface area contributed by atoms with Crippen LogP contribution in [-0.2, 0) is 6.54 Å². The summed E-state index contributed by atoms with van der Waals surface area (Å²) in [6.45, 7) is 5.98. The van der Waals surface area contributed by atoms with Crippen molar-refractivity contribution in [2.75, 3.05) is 0 Å². The summed E-state index contributed by atoms with van der Waals surface area (Å²) in [6, 6.07) is 12.6. The van der Waals surface area contributed by atoms with Gasteiger partial charge in [-0.3, -0.25) is 9.36 Å². The van der Waals surface area contributed by atoms with Crippen LogP contribution in [0.2, 0.25) is 10.0 Å². The monoisotopic (exact) mass is 458 g/mol. The van der Waals surface area contributed by atoms with Crippen LogP contribution in [0.15, 0.2) is 47.3 Å². The Morgan fingerprint density at radius 3 is 2.39 bits per heavy atom. The number of hydrogen-bond donors (Lipinski definition) is 1. The Balaban J connectivity index is 1.64. The summed E-state index contributed by atoms with van der Waals surface area (Å²) in [5.74, 6) is 0.433. The zero-order chi connectivity index (χ0) is 22.3. The number of rotatable bonds is 5. The zero-order valence-electron chi connectivity index (χ0n) is 17.7. The van der Waals surface area contributed by atoms with E-state index in [-0.39, 0.29) is 29.7 Å². The number of carbonyl (C=O) groups excluding carboxylic acids is 1. The van der Waals surface area contributed by atoms with Gasteiger partial charge < -0.3 is 5.32 Å². The van der Waals surface area contributed by atoms with Crippen LogP contribution in [0.5, 0.6) is 0 Å². The molecule has 31 heavy (non-hydrogen) atoms. The number of aromatic nitrogens is 3. The van der Waals surface area contributed by atoms with E-state index in [1.165, 1.54) is 4.68 Å².